The maximum atomic E-state index is 12.3. The number of benzene rings is 1. The Bertz CT molecular complexity index is 499. The highest BCUT2D eigenvalue weighted by atomic mass is 16.5. The summed E-state index contributed by atoms with van der Waals surface area (Å²) in [5, 5.41) is 0. The third kappa shape index (κ3) is 2.34. The largest absolute Gasteiger partial charge is 0.496 e. The lowest BCUT2D eigenvalue weighted by atomic mass is 9.95. The van der Waals surface area contributed by atoms with E-state index in [1.807, 2.05) is 25.1 Å². The number of aryl methyl sites for hydroxylation is 1. The monoisotopic (exact) mass is 260 g/mol. The van der Waals surface area contributed by atoms with Crippen LogP contribution in [0.1, 0.15) is 36.8 Å². The van der Waals surface area contributed by atoms with Crippen LogP contribution >= 0.6 is 0 Å². The van der Waals surface area contributed by atoms with Crippen LogP contribution in [0.3, 0.4) is 0 Å². The molecule has 0 spiro atoms. The molecule has 2 aliphatic carbocycles. The first-order valence-corrected chi connectivity index (χ1v) is 6.98. The maximum Gasteiger partial charge on any atom is 0.316 e. The van der Waals surface area contributed by atoms with Gasteiger partial charge in [0.25, 0.3) is 0 Å². The number of carbonyl (C=O) groups excluding carboxylic acids is 1. The SMILES string of the molecule is COc1cc(C2(C(=O)OCC3CC3)CC2)ccc1C. The zero-order chi connectivity index (χ0) is 13.5. The summed E-state index contributed by atoms with van der Waals surface area (Å²) in [6, 6.07) is 6.03. The van der Waals surface area contributed by atoms with Gasteiger partial charge in [0.15, 0.2) is 0 Å². The van der Waals surface area contributed by atoms with Gasteiger partial charge in [0.1, 0.15) is 5.75 Å². The van der Waals surface area contributed by atoms with Gasteiger partial charge in [-0.25, -0.2) is 0 Å². The Morgan fingerprint density at radius 3 is 2.68 bits per heavy atom. The predicted octanol–water partition coefficient (Wildman–Crippen LogP) is 2.99. The van der Waals surface area contributed by atoms with Gasteiger partial charge >= 0.3 is 5.97 Å². The van der Waals surface area contributed by atoms with Crippen LogP contribution in [-0.4, -0.2) is 19.7 Å². The van der Waals surface area contributed by atoms with Crippen LogP contribution in [0.4, 0.5) is 0 Å². The summed E-state index contributed by atoms with van der Waals surface area (Å²) in [5.74, 6) is 1.41. The molecule has 2 aliphatic rings. The molecule has 1 aromatic rings. The molecule has 0 bridgehead atoms. The predicted molar refractivity (Wildman–Crippen MR) is 72.3 cm³/mol. The van der Waals surface area contributed by atoms with E-state index < -0.39 is 5.41 Å². The van der Waals surface area contributed by atoms with E-state index in [0.29, 0.717) is 12.5 Å². The normalized spacial score (nSPS) is 19.9. The Labute approximate surface area is 113 Å². The van der Waals surface area contributed by atoms with Crippen LogP contribution in [0.5, 0.6) is 5.75 Å². The molecule has 19 heavy (non-hydrogen) atoms. The topological polar surface area (TPSA) is 35.5 Å². The molecule has 1 aromatic carbocycles. The molecular weight excluding hydrogens is 240 g/mol. The highest BCUT2D eigenvalue weighted by molar-refractivity contribution is 5.86. The lowest BCUT2D eigenvalue weighted by molar-refractivity contribution is -0.147. The van der Waals surface area contributed by atoms with Crippen molar-refractivity contribution in [3.8, 4) is 5.75 Å². The molecule has 0 heterocycles. The second-order valence-corrected chi connectivity index (χ2v) is 5.81. The summed E-state index contributed by atoms with van der Waals surface area (Å²) < 4.78 is 10.8. The highest BCUT2D eigenvalue weighted by Gasteiger charge is 2.53. The average molecular weight is 260 g/mol. The van der Waals surface area contributed by atoms with E-state index in [9.17, 15) is 4.79 Å². The molecule has 0 atom stereocenters. The Kier molecular flexibility index (Phi) is 3.00. The Hall–Kier alpha value is -1.51. The fourth-order valence-corrected chi connectivity index (χ4v) is 2.47. The van der Waals surface area contributed by atoms with Crippen molar-refractivity contribution in [3.63, 3.8) is 0 Å². The van der Waals surface area contributed by atoms with Gasteiger partial charge in [0, 0.05) is 0 Å². The average Bonchev–Trinajstić information content (AvgIpc) is 3.29. The fraction of sp³-hybridized carbons (Fsp3) is 0.562. The van der Waals surface area contributed by atoms with Crippen LogP contribution in [0, 0.1) is 12.8 Å². The summed E-state index contributed by atoms with van der Waals surface area (Å²) in [5.41, 5.74) is 1.74. The molecule has 0 aliphatic heterocycles. The number of ether oxygens (including phenoxy) is 2. The minimum Gasteiger partial charge on any atom is -0.496 e. The second kappa shape index (κ2) is 4.55. The molecule has 0 N–H and O–H groups in total. The summed E-state index contributed by atoms with van der Waals surface area (Å²) in [7, 11) is 1.66. The molecule has 2 fully saturated rings. The zero-order valence-electron chi connectivity index (χ0n) is 11.6. The first-order valence-electron chi connectivity index (χ1n) is 6.98. The van der Waals surface area contributed by atoms with Gasteiger partial charge in [-0.15, -0.1) is 0 Å². The van der Waals surface area contributed by atoms with Crippen molar-refractivity contribution in [3.05, 3.63) is 29.3 Å². The number of rotatable bonds is 5. The van der Waals surface area contributed by atoms with Crippen LogP contribution < -0.4 is 4.74 Å². The third-order valence-corrected chi connectivity index (χ3v) is 4.25. The van der Waals surface area contributed by atoms with Crippen molar-refractivity contribution in [2.75, 3.05) is 13.7 Å². The summed E-state index contributed by atoms with van der Waals surface area (Å²) in [6.07, 6.45) is 4.20. The van der Waals surface area contributed by atoms with Gasteiger partial charge in [-0.2, -0.15) is 0 Å². The molecule has 102 valence electrons. The van der Waals surface area contributed by atoms with Crippen molar-refractivity contribution in [2.24, 2.45) is 5.92 Å². The molecule has 3 heteroatoms. The van der Waals surface area contributed by atoms with Crippen LogP contribution in [0.15, 0.2) is 18.2 Å². The molecular formula is C16H20O3. The van der Waals surface area contributed by atoms with E-state index in [-0.39, 0.29) is 5.97 Å². The van der Waals surface area contributed by atoms with E-state index in [0.717, 1.165) is 29.7 Å². The van der Waals surface area contributed by atoms with Crippen molar-refractivity contribution in [1.82, 2.24) is 0 Å². The van der Waals surface area contributed by atoms with Gasteiger partial charge in [-0.05, 0) is 55.7 Å². The number of esters is 1. The molecule has 0 aromatic heterocycles. The molecule has 0 amide bonds. The van der Waals surface area contributed by atoms with Crippen molar-refractivity contribution in [2.45, 2.75) is 38.0 Å². The Balaban J connectivity index is 1.77. The minimum absolute atomic E-state index is 0.0506. The van der Waals surface area contributed by atoms with Crippen LogP contribution in [0.2, 0.25) is 0 Å². The first kappa shape index (κ1) is 12.5. The van der Waals surface area contributed by atoms with E-state index in [1.54, 1.807) is 7.11 Å². The van der Waals surface area contributed by atoms with Gasteiger partial charge in [-0.3, -0.25) is 4.79 Å². The van der Waals surface area contributed by atoms with Crippen LogP contribution in [0.25, 0.3) is 0 Å². The molecule has 2 saturated carbocycles. The van der Waals surface area contributed by atoms with E-state index >= 15 is 0 Å². The molecule has 0 radical (unpaired) electrons. The van der Waals surface area contributed by atoms with E-state index in [1.165, 1.54) is 12.8 Å². The fourth-order valence-electron chi connectivity index (χ4n) is 2.47. The van der Waals surface area contributed by atoms with Crippen LogP contribution in [-0.2, 0) is 14.9 Å². The van der Waals surface area contributed by atoms with E-state index in [4.69, 9.17) is 9.47 Å². The number of carbonyl (C=O) groups is 1. The summed E-state index contributed by atoms with van der Waals surface area (Å²) in [6.45, 7) is 2.61. The van der Waals surface area contributed by atoms with Gasteiger partial charge in [-0.1, -0.05) is 12.1 Å². The smallest absolute Gasteiger partial charge is 0.316 e. The minimum atomic E-state index is -0.393. The lowest BCUT2D eigenvalue weighted by Gasteiger charge is -2.16. The quantitative estimate of drug-likeness (QED) is 0.763. The van der Waals surface area contributed by atoms with Gasteiger partial charge < -0.3 is 9.47 Å². The van der Waals surface area contributed by atoms with Crippen molar-refractivity contribution in [1.29, 1.82) is 0 Å². The summed E-state index contributed by atoms with van der Waals surface area (Å²) >= 11 is 0. The molecule has 0 unspecified atom stereocenters. The number of hydrogen-bond acceptors (Lipinski definition) is 3. The Morgan fingerprint density at radius 2 is 2.11 bits per heavy atom. The van der Waals surface area contributed by atoms with Crippen molar-refractivity contribution < 1.29 is 14.3 Å². The third-order valence-electron chi connectivity index (χ3n) is 4.25. The van der Waals surface area contributed by atoms with Gasteiger partial charge in [0.2, 0.25) is 0 Å². The molecule has 0 saturated heterocycles. The maximum absolute atomic E-state index is 12.3. The molecule has 3 nitrogen and oxygen atoms in total. The van der Waals surface area contributed by atoms with E-state index in [2.05, 4.69) is 0 Å². The number of methoxy groups -OCH3 is 1. The van der Waals surface area contributed by atoms with Gasteiger partial charge in [0.05, 0.1) is 19.1 Å². The Morgan fingerprint density at radius 1 is 1.37 bits per heavy atom. The first-order chi connectivity index (χ1) is 9.15. The van der Waals surface area contributed by atoms with Crippen molar-refractivity contribution >= 4 is 5.97 Å². The highest BCUT2D eigenvalue weighted by Crippen LogP contribution is 2.50. The summed E-state index contributed by atoms with van der Waals surface area (Å²) in [4.78, 5) is 12.3. The second-order valence-electron chi connectivity index (χ2n) is 5.81. The lowest BCUT2D eigenvalue weighted by Crippen LogP contribution is -2.24. The molecule has 3 rings (SSSR count). The number of hydrogen-bond donors (Lipinski definition) is 0. The standard InChI is InChI=1S/C16H20O3/c1-11-3-6-13(9-14(11)18-2)16(7-8-16)15(17)19-10-12-4-5-12/h3,6,9,12H,4-5,7-8,10H2,1-2H3. The zero-order valence-corrected chi connectivity index (χ0v) is 11.6.